The molecule has 1 amide bonds. The van der Waals surface area contributed by atoms with Gasteiger partial charge < -0.3 is 10.4 Å². The number of amides is 1. The number of carboxylic acid groups (broad SMARTS) is 1. The molecule has 0 bridgehead atoms. The van der Waals surface area contributed by atoms with Crippen molar-refractivity contribution >= 4 is 17.6 Å². The summed E-state index contributed by atoms with van der Waals surface area (Å²) >= 11 is 0. The van der Waals surface area contributed by atoms with Crippen molar-refractivity contribution in [3.05, 3.63) is 64.7 Å². The Labute approximate surface area is 123 Å². The Morgan fingerprint density at radius 1 is 1.05 bits per heavy atom. The molecule has 0 heterocycles. The molecule has 4 nitrogen and oxygen atoms in total. The molecule has 2 rings (SSSR count). The third kappa shape index (κ3) is 3.69. The average Bonchev–Trinajstić information content (AvgIpc) is 2.43. The fourth-order valence-electron chi connectivity index (χ4n) is 2.07. The molecule has 0 aliphatic carbocycles. The fourth-order valence-corrected chi connectivity index (χ4v) is 2.07. The van der Waals surface area contributed by atoms with E-state index in [-0.39, 0.29) is 17.9 Å². The van der Waals surface area contributed by atoms with Crippen LogP contribution in [0.15, 0.2) is 42.5 Å². The summed E-state index contributed by atoms with van der Waals surface area (Å²) in [5.41, 5.74) is 3.62. The van der Waals surface area contributed by atoms with Gasteiger partial charge in [-0.05, 0) is 42.7 Å². The zero-order valence-electron chi connectivity index (χ0n) is 12.0. The molecule has 2 N–H and O–H groups in total. The van der Waals surface area contributed by atoms with E-state index in [9.17, 15) is 9.59 Å². The molecular weight excluding hydrogens is 266 g/mol. The van der Waals surface area contributed by atoms with Crippen molar-refractivity contribution in [2.24, 2.45) is 0 Å². The SMILES string of the molecule is Cc1ccc(CC(=O)Nc2ccccc2C(=O)O)cc1C. The average molecular weight is 283 g/mol. The number of hydrogen-bond acceptors (Lipinski definition) is 2. The maximum Gasteiger partial charge on any atom is 0.337 e. The Morgan fingerprint density at radius 2 is 1.76 bits per heavy atom. The van der Waals surface area contributed by atoms with Gasteiger partial charge in [-0.25, -0.2) is 4.79 Å². The lowest BCUT2D eigenvalue weighted by Gasteiger charge is -2.09. The van der Waals surface area contributed by atoms with Crippen molar-refractivity contribution in [1.29, 1.82) is 0 Å². The summed E-state index contributed by atoms with van der Waals surface area (Å²) in [6, 6.07) is 12.2. The van der Waals surface area contributed by atoms with E-state index in [0.717, 1.165) is 11.1 Å². The van der Waals surface area contributed by atoms with Crippen LogP contribution < -0.4 is 5.32 Å². The van der Waals surface area contributed by atoms with Gasteiger partial charge in [0, 0.05) is 0 Å². The summed E-state index contributed by atoms with van der Waals surface area (Å²) < 4.78 is 0. The molecule has 21 heavy (non-hydrogen) atoms. The van der Waals surface area contributed by atoms with Crippen LogP contribution >= 0.6 is 0 Å². The predicted molar refractivity (Wildman–Crippen MR) is 81.7 cm³/mol. The number of para-hydroxylation sites is 1. The van der Waals surface area contributed by atoms with E-state index in [4.69, 9.17) is 5.11 Å². The molecule has 2 aromatic carbocycles. The molecule has 4 heteroatoms. The highest BCUT2D eigenvalue weighted by atomic mass is 16.4. The first-order valence-electron chi connectivity index (χ1n) is 6.65. The normalized spacial score (nSPS) is 10.2. The van der Waals surface area contributed by atoms with Crippen molar-refractivity contribution in [2.45, 2.75) is 20.3 Å². The van der Waals surface area contributed by atoms with E-state index in [1.807, 2.05) is 32.0 Å². The zero-order chi connectivity index (χ0) is 15.4. The topological polar surface area (TPSA) is 66.4 Å². The number of carbonyl (C=O) groups is 2. The number of nitrogens with one attached hydrogen (secondary N) is 1. The molecule has 0 saturated heterocycles. The third-order valence-corrected chi connectivity index (χ3v) is 3.37. The maximum atomic E-state index is 12.0. The Balaban J connectivity index is 2.12. The summed E-state index contributed by atoms with van der Waals surface area (Å²) in [4.78, 5) is 23.1. The molecule has 0 fully saturated rings. The second-order valence-electron chi connectivity index (χ2n) is 4.99. The van der Waals surface area contributed by atoms with Crippen LogP contribution in [0.2, 0.25) is 0 Å². The van der Waals surface area contributed by atoms with Gasteiger partial charge in [0.15, 0.2) is 0 Å². The highest BCUT2D eigenvalue weighted by Gasteiger charge is 2.12. The van der Waals surface area contributed by atoms with E-state index in [1.165, 1.54) is 11.6 Å². The van der Waals surface area contributed by atoms with Gasteiger partial charge >= 0.3 is 5.97 Å². The minimum absolute atomic E-state index is 0.0888. The lowest BCUT2D eigenvalue weighted by molar-refractivity contribution is -0.115. The smallest absolute Gasteiger partial charge is 0.337 e. The van der Waals surface area contributed by atoms with Gasteiger partial charge in [0.1, 0.15) is 0 Å². The highest BCUT2D eigenvalue weighted by Crippen LogP contribution is 2.16. The Bertz CT molecular complexity index is 692. The van der Waals surface area contributed by atoms with Crippen LogP contribution in [0.3, 0.4) is 0 Å². The summed E-state index contributed by atoms with van der Waals surface area (Å²) in [6.45, 7) is 4.01. The van der Waals surface area contributed by atoms with Crippen molar-refractivity contribution in [3.63, 3.8) is 0 Å². The number of hydrogen-bond donors (Lipinski definition) is 2. The lowest BCUT2D eigenvalue weighted by atomic mass is 10.0. The van der Waals surface area contributed by atoms with Crippen LogP contribution in [0.1, 0.15) is 27.0 Å². The first-order valence-corrected chi connectivity index (χ1v) is 6.65. The summed E-state index contributed by atoms with van der Waals surface area (Å²) in [5.74, 6) is -1.29. The number of aryl methyl sites for hydroxylation is 2. The largest absolute Gasteiger partial charge is 0.478 e. The number of carbonyl (C=O) groups excluding carboxylic acids is 1. The minimum atomic E-state index is -1.06. The fraction of sp³-hybridized carbons (Fsp3) is 0.176. The van der Waals surface area contributed by atoms with E-state index in [0.29, 0.717) is 5.69 Å². The van der Waals surface area contributed by atoms with Crippen molar-refractivity contribution in [3.8, 4) is 0 Å². The highest BCUT2D eigenvalue weighted by molar-refractivity contribution is 6.00. The zero-order valence-corrected chi connectivity index (χ0v) is 12.0. The monoisotopic (exact) mass is 283 g/mol. The molecule has 0 spiro atoms. The van der Waals surface area contributed by atoms with E-state index >= 15 is 0 Å². The van der Waals surface area contributed by atoms with Crippen molar-refractivity contribution in [2.75, 3.05) is 5.32 Å². The van der Waals surface area contributed by atoms with Crippen LogP contribution in [0.5, 0.6) is 0 Å². The quantitative estimate of drug-likeness (QED) is 0.905. The predicted octanol–water partition coefficient (Wildman–Crippen LogP) is 3.18. The molecule has 0 aromatic heterocycles. The Kier molecular flexibility index (Phi) is 4.38. The summed E-state index contributed by atoms with van der Waals surface area (Å²) in [6.07, 6.45) is 0.217. The van der Waals surface area contributed by atoms with Crippen LogP contribution in [0, 0.1) is 13.8 Å². The van der Waals surface area contributed by atoms with Gasteiger partial charge in [0.05, 0.1) is 17.7 Å². The number of benzene rings is 2. The molecule has 108 valence electrons. The first kappa shape index (κ1) is 14.8. The number of rotatable bonds is 4. The molecule has 0 aliphatic heterocycles. The summed E-state index contributed by atoms with van der Waals surface area (Å²) in [5, 5.41) is 11.7. The maximum absolute atomic E-state index is 12.0. The molecule has 0 saturated carbocycles. The Morgan fingerprint density at radius 3 is 2.43 bits per heavy atom. The minimum Gasteiger partial charge on any atom is -0.478 e. The molecule has 0 aliphatic rings. The molecule has 0 unspecified atom stereocenters. The van der Waals surface area contributed by atoms with Crippen molar-refractivity contribution < 1.29 is 14.7 Å². The van der Waals surface area contributed by atoms with Gasteiger partial charge in [0.2, 0.25) is 5.91 Å². The molecular formula is C17H17NO3. The second kappa shape index (κ2) is 6.22. The van der Waals surface area contributed by atoms with Crippen LogP contribution in [0.25, 0.3) is 0 Å². The van der Waals surface area contributed by atoms with Crippen LogP contribution in [-0.4, -0.2) is 17.0 Å². The van der Waals surface area contributed by atoms with Gasteiger partial charge in [-0.15, -0.1) is 0 Å². The lowest BCUT2D eigenvalue weighted by Crippen LogP contribution is -2.16. The van der Waals surface area contributed by atoms with Gasteiger partial charge in [-0.1, -0.05) is 30.3 Å². The molecule has 0 atom stereocenters. The van der Waals surface area contributed by atoms with E-state index in [1.54, 1.807) is 18.2 Å². The first-order chi connectivity index (χ1) is 9.97. The van der Waals surface area contributed by atoms with Crippen LogP contribution in [0.4, 0.5) is 5.69 Å². The molecule has 2 aromatic rings. The van der Waals surface area contributed by atoms with E-state index in [2.05, 4.69) is 5.32 Å². The van der Waals surface area contributed by atoms with Crippen LogP contribution in [-0.2, 0) is 11.2 Å². The van der Waals surface area contributed by atoms with Crippen molar-refractivity contribution in [1.82, 2.24) is 0 Å². The van der Waals surface area contributed by atoms with Gasteiger partial charge in [-0.2, -0.15) is 0 Å². The number of aromatic carboxylic acids is 1. The number of anilines is 1. The van der Waals surface area contributed by atoms with Gasteiger partial charge in [-0.3, -0.25) is 4.79 Å². The second-order valence-corrected chi connectivity index (χ2v) is 4.99. The van der Waals surface area contributed by atoms with E-state index < -0.39 is 5.97 Å². The third-order valence-electron chi connectivity index (χ3n) is 3.37. The Hall–Kier alpha value is -2.62. The van der Waals surface area contributed by atoms with Gasteiger partial charge in [0.25, 0.3) is 0 Å². The molecule has 0 radical (unpaired) electrons. The number of carboxylic acids is 1. The summed E-state index contributed by atoms with van der Waals surface area (Å²) in [7, 11) is 0. The standard InChI is InChI=1S/C17H17NO3/c1-11-7-8-13(9-12(11)2)10-16(19)18-15-6-4-3-5-14(15)17(20)21/h3-9H,10H2,1-2H3,(H,18,19)(H,20,21).